The van der Waals surface area contributed by atoms with Crippen molar-refractivity contribution in [1.82, 2.24) is 20.3 Å². The number of thiazole rings is 2. The van der Waals surface area contributed by atoms with E-state index in [1.54, 1.807) is 23.7 Å². The fourth-order valence-electron chi connectivity index (χ4n) is 2.31. The molecule has 3 rings (SSSR count). The number of amides is 1. The van der Waals surface area contributed by atoms with Crippen molar-refractivity contribution in [3.63, 3.8) is 0 Å². The Morgan fingerprint density at radius 2 is 2.00 bits per heavy atom. The van der Waals surface area contributed by atoms with E-state index in [2.05, 4.69) is 34.1 Å². The average molecular weight is 373 g/mol. The Kier molecular flexibility index (Phi) is 5.55. The van der Waals surface area contributed by atoms with E-state index >= 15 is 0 Å². The number of carbonyl (C=O) groups is 1. The lowest BCUT2D eigenvalue weighted by atomic mass is 10.2. The minimum atomic E-state index is -0.0495. The molecule has 0 radical (unpaired) electrons. The van der Waals surface area contributed by atoms with Crippen LogP contribution < -0.4 is 5.32 Å². The molecule has 0 saturated carbocycles. The molecule has 5 nitrogen and oxygen atoms in total. The van der Waals surface area contributed by atoms with Gasteiger partial charge in [0.25, 0.3) is 5.91 Å². The summed E-state index contributed by atoms with van der Waals surface area (Å²) < 4.78 is 0. The van der Waals surface area contributed by atoms with Gasteiger partial charge >= 0.3 is 0 Å². The Labute approximate surface area is 155 Å². The third-order valence-electron chi connectivity index (χ3n) is 3.66. The lowest BCUT2D eigenvalue weighted by Crippen LogP contribution is -2.25. The van der Waals surface area contributed by atoms with Crippen LogP contribution in [0.3, 0.4) is 0 Å². The second kappa shape index (κ2) is 7.84. The molecule has 0 atom stereocenters. The minimum Gasteiger partial charge on any atom is -0.351 e. The number of aryl methyl sites for hydroxylation is 1. The van der Waals surface area contributed by atoms with E-state index in [9.17, 15) is 4.79 Å². The fourth-order valence-corrected chi connectivity index (χ4v) is 4.15. The summed E-state index contributed by atoms with van der Waals surface area (Å²) in [6.45, 7) is 6.62. The van der Waals surface area contributed by atoms with Crippen LogP contribution in [0.25, 0.3) is 10.6 Å². The van der Waals surface area contributed by atoms with Crippen molar-refractivity contribution < 1.29 is 4.79 Å². The zero-order chi connectivity index (χ0) is 17.8. The second-order valence-corrected chi connectivity index (χ2v) is 7.90. The van der Waals surface area contributed by atoms with E-state index in [4.69, 9.17) is 0 Å². The fraction of sp³-hybridized carbons (Fsp3) is 0.333. The number of carbonyl (C=O) groups excluding carboxylic acids is 1. The maximum absolute atomic E-state index is 12.4. The number of nitrogens with zero attached hydrogens (tertiary/aromatic N) is 3. The number of aromatic nitrogens is 3. The molecule has 0 bridgehead atoms. The van der Waals surface area contributed by atoms with Gasteiger partial charge in [-0.05, 0) is 19.1 Å². The Bertz CT molecular complexity index is 855. The Hall–Kier alpha value is -2.12. The molecule has 130 valence electrons. The number of hydrogen-bond acceptors (Lipinski definition) is 6. The topological polar surface area (TPSA) is 67.8 Å². The van der Waals surface area contributed by atoms with E-state index < -0.39 is 0 Å². The monoisotopic (exact) mass is 372 g/mol. The molecule has 7 heteroatoms. The molecule has 3 heterocycles. The molecule has 0 aliphatic rings. The third kappa shape index (κ3) is 4.29. The molecule has 1 amide bonds. The van der Waals surface area contributed by atoms with Gasteiger partial charge in [-0.1, -0.05) is 13.8 Å². The molecule has 0 aromatic carbocycles. The van der Waals surface area contributed by atoms with Gasteiger partial charge in [-0.25, -0.2) is 9.97 Å². The molecule has 3 aromatic rings. The van der Waals surface area contributed by atoms with Crippen molar-refractivity contribution in [2.24, 2.45) is 0 Å². The normalized spacial score (nSPS) is 11.0. The predicted molar refractivity (Wildman–Crippen MR) is 102 cm³/mol. The highest BCUT2D eigenvalue weighted by molar-refractivity contribution is 7.14. The van der Waals surface area contributed by atoms with Crippen LogP contribution in [0.2, 0.25) is 0 Å². The van der Waals surface area contributed by atoms with Gasteiger partial charge in [0.15, 0.2) is 0 Å². The molecule has 25 heavy (non-hydrogen) atoms. The van der Waals surface area contributed by atoms with Crippen LogP contribution in [-0.2, 0) is 6.42 Å². The molecule has 1 N–H and O–H groups in total. The van der Waals surface area contributed by atoms with Gasteiger partial charge in [-0.3, -0.25) is 9.78 Å². The zero-order valence-corrected chi connectivity index (χ0v) is 16.1. The van der Waals surface area contributed by atoms with Gasteiger partial charge in [0.05, 0.1) is 16.4 Å². The van der Waals surface area contributed by atoms with Crippen LogP contribution in [0.1, 0.15) is 45.8 Å². The first-order valence-electron chi connectivity index (χ1n) is 8.15. The van der Waals surface area contributed by atoms with Crippen LogP contribution in [0.15, 0.2) is 29.9 Å². The van der Waals surface area contributed by atoms with Gasteiger partial charge in [0.2, 0.25) is 0 Å². The predicted octanol–water partition coefficient (Wildman–Crippen LogP) is 4.07. The SMILES string of the molecule is Cc1nc(C(C)C)sc1C(=O)NCCc1csc(-c2ccncc2)n1. The highest BCUT2D eigenvalue weighted by Crippen LogP contribution is 2.25. The van der Waals surface area contributed by atoms with E-state index in [1.165, 1.54) is 11.3 Å². The van der Waals surface area contributed by atoms with Crippen LogP contribution in [0, 0.1) is 6.92 Å². The summed E-state index contributed by atoms with van der Waals surface area (Å²) in [4.78, 5) is 26.2. The van der Waals surface area contributed by atoms with Crippen molar-refractivity contribution in [3.05, 3.63) is 51.2 Å². The van der Waals surface area contributed by atoms with Gasteiger partial charge in [0, 0.05) is 42.2 Å². The Morgan fingerprint density at radius 3 is 2.68 bits per heavy atom. The summed E-state index contributed by atoms with van der Waals surface area (Å²) in [6.07, 6.45) is 4.24. The van der Waals surface area contributed by atoms with Crippen molar-refractivity contribution >= 4 is 28.6 Å². The minimum absolute atomic E-state index is 0.0495. The molecule has 3 aromatic heterocycles. The van der Waals surface area contributed by atoms with Gasteiger partial charge in [-0.15, -0.1) is 22.7 Å². The lowest BCUT2D eigenvalue weighted by molar-refractivity contribution is 0.0957. The largest absolute Gasteiger partial charge is 0.351 e. The first-order chi connectivity index (χ1) is 12.0. The molecule has 0 spiro atoms. The van der Waals surface area contributed by atoms with E-state index in [0.29, 0.717) is 23.8 Å². The van der Waals surface area contributed by atoms with E-state index in [0.717, 1.165) is 27.0 Å². The summed E-state index contributed by atoms with van der Waals surface area (Å²) in [5.74, 6) is 0.290. The molecule has 0 aliphatic heterocycles. The Morgan fingerprint density at radius 1 is 1.24 bits per heavy atom. The van der Waals surface area contributed by atoms with Crippen LogP contribution in [-0.4, -0.2) is 27.4 Å². The van der Waals surface area contributed by atoms with Crippen molar-refractivity contribution in [2.45, 2.75) is 33.1 Å². The van der Waals surface area contributed by atoms with E-state index in [1.807, 2.05) is 24.4 Å². The van der Waals surface area contributed by atoms with Crippen molar-refractivity contribution in [1.29, 1.82) is 0 Å². The maximum atomic E-state index is 12.4. The average Bonchev–Trinajstić information content (AvgIpc) is 3.22. The van der Waals surface area contributed by atoms with Crippen LogP contribution >= 0.6 is 22.7 Å². The van der Waals surface area contributed by atoms with Crippen molar-refractivity contribution in [2.75, 3.05) is 6.54 Å². The summed E-state index contributed by atoms with van der Waals surface area (Å²) in [6, 6.07) is 3.90. The molecular formula is C18H20N4OS2. The number of rotatable bonds is 6. The van der Waals surface area contributed by atoms with E-state index in [-0.39, 0.29) is 5.91 Å². The highest BCUT2D eigenvalue weighted by atomic mass is 32.1. The summed E-state index contributed by atoms with van der Waals surface area (Å²) in [5.41, 5.74) is 2.86. The third-order valence-corrected chi connectivity index (χ3v) is 6.06. The summed E-state index contributed by atoms with van der Waals surface area (Å²) in [5, 5.41) is 6.99. The molecule has 0 saturated heterocycles. The smallest absolute Gasteiger partial charge is 0.263 e. The first kappa shape index (κ1) is 17.7. The number of pyridine rings is 1. The Balaban J connectivity index is 1.56. The lowest BCUT2D eigenvalue weighted by Gasteiger charge is -2.02. The summed E-state index contributed by atoms with van der Waals surface area (Å²) in [7, 11) is 0. The molecular weight excluding hydrogens is 352 g/mol. The number of nitrogens with one attached hydrogen (secondary N) is 1. The van der Waals surface area contributed by atoms with Crippen LogP contribution in [0.4, 0.5) is 0 Å². The highest BCUT2D eigenvalue weighted by Gasteiger charge is 2.16. The van der Waals surface area contributed by atoms with Gasteiger partial charge in [-0.2, -0.15) is 0 Å². The van der Waals surface area contributed by atoms with Gasteiger partial charge < -0.3 is 5.32 Å². The van der Waals surface area contributed by atoms with Crippen LogP contribution in [0.5, 0.6) is 0 Å². The standard InChI is InChI=1S/C18H20N4OS2/c1-11(2)17-21-12(3)15(25-17)16(23)20-9-6-14-10-24-18(22-14)13-4-7-19-8-5-13/h4-5,7-8,10-11H,6,9H2,1-3H3,(H,20,23). The molecule has 0 fully saturated rings. The second-order valence-electron chi connectivity index (χ2n) is 6.01. The number of hydrogen-bond donors (Lipinski definition) is 1. The zero-order valence-electron chi connectivity index (χ0n) is 14.4. The molecule has 0 aliphatic carbocycles. The van der Waals surface area contributed by atoms with Gasteiger partial charge in [0.1, 0.15) is 9.88 Å². The molecule has 0 unspecified atom stereocenters. The van der Waals surface area contributed by atoms with Crippen molar-refractivity contribution in [3.8, 4) is 10.6 Å². The summed E-state index contributed by atoms with van der Waals surface area (Å²) >= 11 is 3.09. The maximum Gasteiger partial charge on any atom is 0.263 e. The quantitative estimate of drug-likeness (QED) is 0.708. The first-order valence-corrected chi connectivity index (χ1v) is 9.84.